The van der Waals surface area contributed by atoms with Crippen molar-refractivity contribution >= 4 is 23.7 Å². The Bertz CT molecular complexity index is 1150. The van der Waals surface area contributed by atoms with Gasteiger partial charge in [-0.15, -0.1) is 0 Å². The van der Waals surface area contributed by atoms with Gasteiger partial charge in [0.1, 0.15) is 5.82 Å². The van der Waals surface area contributed by atoms with Gasteiger partial charge < -0.3 is 14.8 Å². The van der Waals surface area contributed by atoms with E-state index in [0.717, 1.165) is 5.56 Å². The van der Waals surface area contributed by atoms with E-state index < -0.39 is 11.7 Å². The molecule has 0 spiro atoms. The lowest BCUT2D eigenvalue weighted by Crippen LogP contribution is -2.21. The van der Waals surface area contributed by atoms with Crippen LogP contribution >= 0.6 is 0 Å². The molecule has 0 heterocycles. The van der Waals surface area contributed by atoms with Gasteiger partial charge in [0.05, 0.1) is 18.5 Å². The van der Waals surface area contributed by atoms with Crippen molar-refractivity contribution in [1.29, 1.82) is 0 Å². The second-order valence-electron chi connectivity index (χ2n) is 7.02. The summed E-state index contributed by atoms with van der Waals surface area (Å²) in [4.78, 5) is 24.2. The van der Waals surface area contributed by atoms with Crippen LogP contribution in [0.1, 0.15) is 28.4 Å². The number of halogens is 1. The van der Waals surface area contributed by atoms with E-state index in [1.54, 1.807) is 36.4 Å². The van der Waals surface area contributed by atoms with E-state index in [1.807, 2.05) is 26.0 Å². The maximum absolute atomic E-state index is 13.7. The highest BCUT2D eigenvalue weighted by Crippen LogP contribution is 2.28. The second kappa shape index (κ2) is 11.4. The Hall–Kier alpha value is -4.20. The molecule has 8 heteroatoms. The van der Waals surface area contributed by atoms with Gasteiger partial charge in [0.15, 0.2) is 18.1 Å². The zero-order chi connectivity index (χ0) is 23.6. The first-order valence-electron chi connectivity index (χ1n) is 10.3. The molecule has 0 aliphatic heterocycles. The van der Waals surface area contributed by atoms with Crippen LogP contribution in [-0.2, 0) is 4.79 Å². The fraction of sp³-hybridized carbons (Fsp3) is 0.160. The molecule has 33 heavy (non-hydrogen) atoms. The number of benzene rings is 3. The van der Waals surface area contributed by atoms with E-state index in [2.05, 4.69) is 15.8 Å². The number of nitrogens with zero attached hydrogens (tertiary/aromatic N) is 1. The Labute approximate surface area is 191 Å². The SMILES string of the molecule is CCOc1cc(/C=N/NC(=O)c2ccc(C)cc2)ccc1OCC(=O)Nc1ccccc1F. The molecule has 0 fully saturated rings. The standard InChI is InChI=1S/C25H24FN3O4/c1-3-32-23-14-18(15-27-29-25(31)19-11-8-17(2)9-12-19)10-13-22(23)33-16-24(30)28-21-7-5-4-6-20(21)26/h4-15H,3,16H2,1-2H3,(H,28,30)(H,29,31)/b27-15+. The number of hydrogen-bond acceptors (Lipinski definition) is 5. The Morgan fingerprint density at radius 2 is 1.76 bits per heavy atom. The van der Waals surface area contributed by atoms with Crippen molar-refractivity contribution in [2.75, 3.05) is 18.5 Å². The van der Waals surface area contributed by atoms with E-state index in [4.69, 9.17) is 9.47 Å². The van der Waals surface area contributed by atoms with Crippen molar-refractivity contribution in [3.05, 3.63) is 89.2 Å². The summed E-state index contributed by atoms with van der Waals surface area (Å²) < 4.78 is 24.8. The Balaban J connectivity index is 1.60. The summed E-state index contributed by atoms with van der Waals surface area (Å²) in [5.41, 5.74) is 4.78. The third-order valence-corrected chi connectivity index (χ3v) is 4.47. The second-order valence-corrected chi connectivity index (χ2v) is 7.02. The molecule has 0 aliphatic carbocycles. The first-order chi connectivity index (χ1) is 16.0. The summed E-state index contributed by atoms with van der Waals surface area (Å²) >= 11 is 0. The van der Waals surface area contributed by atoms with Gasteiger partial charge in [-0.05, 0) is 61.9 Å². The quantitative estimate of drug-likeness (QED) is 0.376. The molecule has 2 N–H and O–H groups in total. The maximum atomic E-state index is 13.7. The van der Waals surface area contributed by atoms with Crippen molar-refractivity contribution in [1.82, 2.24) is 5.43 Å². The smallest absolute Gasteiger partial charge is 0.271 e. The maximum Gasteiger partial charge on any atom is 0.271 e. The molecule has 170 valence electrons. The molecule has 3 aromatic carbocycles. The number of hydrogen-bond donors (Lipinski definition) is 2. The molecule has 3 rings (SSSR count). The topological polar surface area (TPSA) is 89.0 Å². The van der Waals surface area contributed by atoms with Gasteiger partial charge in [-0.2, -0.15) is 5.10 Å². The average molecular weight is 449 g/mol. The lowest BCUT2D eigenvalue weighted by Gasteiger charge is -2.13. The summed E-state index contributed by atoms with van der Waals surface area (Å²) in [6, 6.07) is 18.0. The first-order valence-corrected chi connectivity index (χ1v) is 10.3. The summed E-state index contributed by atoms with van der Waals surface area (Å²) in [5, 5.41) is 6.44. The molecular weight excluding hydrogens is 425 g/mol. The highest BCUT2D eigenvalue weighted by atomic mass is 19.1. The largest absolute Gasteiger partial charge is 0.490 e. The lowest BCUT2D eigenvalue weighted by atomic mass is 10.1. The van der Waals surface area contributed by atoms with Gasteiger partial charge in [-0.1, -0.05) is 29.8 Å². The van der Waals surface area contributed by atoms with Crippen LogP contribution in [0.3, 0.4) is 0 Å². The van der Waals surface area contributed by atoms with E-state index in [1.165, 1.54) is 24.4 Å². The van der Waals surface area contributed by atoms with Crippen molar-refractivity contribution in [3.8, 4) is 11.5 Å². The van der Waals surface area contributed by atoms with Crippen LogP contribution in [0, 0.1) is 12.7 Å². The van der Waals surface area contributed by atoms with Gasteiger partial charge in [0.25, 0.3) is 11.8 Å². The molecule has 0 bridgehead atoms. The number of amides is 2. The minimum Gasteiger partial charge on any atom is -0.490 e. The number of carbonyl (C=O) groups excluding carboxylic acids is 2. The lowest BCUT2D eigenvalue weighted by molar-refractivity contribution is -0.118. The zero-order valence-electron chi connectivity index (χ0n) is 18.3. The summed E-state index contributed by atoms with van der Waals surface area (Å²) in [7, 11) is 0. The van der Waals surface area contributed by atoms with Crippen LogP contribution in [0.4, 0.5) is 10.1 Å². The molecule has 2 amide bonds. The van der Waals surface area contributed by atoms with Gasteiger partial charge in [-0.3, -0.25) is 9.59 Å². The number of aryl methyl sites for hydroxylation is 1. The van der Waals surface area contributed by atoms with Crippen LogP contribution < -0.4 is 20.2 Å². The van der Waals surface area contributed by atoms with E-state index in [-0.39, 0.29) is 18.2 Å². The van der Waals surface area contributed by atoms with Crippen molar-refractivity contribution in [2.45, 2.75) is 13.8 Å². The molecular formula is C25H24FN3O4. The van der Waals surface area contributed by atoms with Crippen LogP contribution in [0.15, 0.2) is 71.8 Å². The zero-order valence-corrected chi connectivity index (χ0v) is 18.3. The summed E-state index contributed by atoms with van der Waals surface area (Å²) in [6.45, 7) is 3.81. The molecule has 0 saturated heterocycles. The summed E-state index contributed by atoms with van der Waals surface area (Å²) in [5.74, 6) is -0.602. The fourth-order valence-corrected chi connectivity index (χ4v) is 2.82. The average Bonchev–Trinajstić information content (AvgIpc) is 2.80. The molecule has 0 atom stereocenters. The Kier molecular flexibility index (Phi) is 8.13. The van der Waals surface area contributed by atoms with Crippen LogP contribution in [0.2, 0.25) is 0 Å². The van der Waals surface area contributed by atoms with Gasteiger partial charge >= 0.3 is 0 Å². The normalized spacial score (nSPS) is 10.6. The fourth-order valence-electron chi connectivity index (χ4n) is 2.82. The molecule has 0 aliphatic rings. The summed E-state index contributed by atoms with van der Waals surface area (Å²) in [6.07, 6.45) is 1.48. The number of ether oxygens (including phenoxy) is 2. The Morgan fingerprint density at radius 3 is 2.48 bits per heavy atom. The number of carbonyl (C=O) groups is 2. The number of hydrazone groups is 1. The van der Waals surface area contributed by atoms with E-state index in [0.29, 0.717) is 29.2 Å². The molecule has 0 radical (unpaired) electrons. The monoisotopic (exact) mass is 449 g/mol. The van der Waals surface area contributed by atoms with Crippen molar-refractivity contribution < 1.29 is 23.5 Å². The van der Waals surface area contributed by atoms with Crippen LogP contribution in [0.25, 0.3) is 0 Å². The highest BCUT2D eigenvalue weighted by Gasteiger charge is 2.11. The van der Waals surface area contributed by atoms with Crippen LogP contribution in [-0.4, -0.2) is 31.2 Å². The van der Waals surface area contributed by atoms with Gasteiger partial charge in [-0.25, -0.2) is 9.82 Å². The number of nitrogens with one attached hydrogen (secondary N) is 2. The number of rotatable bonds is 9. The van der Waals surface area contributed by atoms with E-state index >= 15 is 0 Å². The number of anilines is 1. The molecule has 0 unspecified atom stereocenters. The predicted molar refractivity (Wildman–Crippen MR) is 124 cm³/mol. The van der Waals surface area contributed by atoms with Crippen molar-refractivity contribution in [2.24, 2.45) is 5.10 Å². The van der Waals surface area contributed by atoms with E-state index in [9.17, 15) is 14.0 Å². The number of para-hydroxylation sites is 1. The van der Waals surface area contributed by atoms with Crippen LogP contribution in [0.5, 0.6) is 11.5 Å². The minimum absolute atomic E-state index is 0.0791. The molecule has 0 aromatic heterocycles. The molecule has 3 aromatic rings. The third-order valence-electron chi connectivity index (χ3n) is 4.47. The molecule has 0 saturated carbocycles. The molecule has 7 nitrogen and oxygen atoms in total. The predicted octanol–water partition coefficient (Wildman–Crippen LogP) is 4.31. The van der Waals surface area contributed by atoms with Crippen molar-refractivity contribution in [3.63, 3.8) is 0 Å². The minimum atomic E-state index is -0.529. The highest BCUT2D eigenvalue weighted by molar-refractivity contribution is 5.95. The van der Waals surface area contributed by atoms with Gasteiger partial charge in [0, 0.05) is 5.56 Å². The Morgan fingerprint density at radius 1 is 1.00 bits per heavy atom. The first kappa shape index (κ1) is 23.5. The van der Waals surface area contributed by atoms with Gasteiger partial charge in [0.2, 0.25) is 0 Å². The third kappa shape index (κ3) is 6.90.